The minimum atomic E-state index is 1.01. The average molecular weight is 460 g/mol. The molecule has 0 aliphatic carbocycles. The molecule has 0 fully saturated rings. The van der Waals surface area contributed by atoms with Gasteiger partial charge in [0, 0.05) is 44.5 Å². The smallest absolute Gasteiger partial charge is 0.0956 e. The van der Waals surface area contributed by atoms with Gasteiger partial charge in [0.25, 0.3) is 0 Å². The molecule has 0 bridgehead atoms. The van der Waals surface area contributed by atoms with Gasteiger partial charge in [-0.15, -0.1) is 0 Å². The molecule has 8 rings (SSSR count). The lowest BCUT2D eigenvalue weighted by Gasteiger charge is -2.14. The van der Waals surface area contributed by atoms with Gasteiger partial charge in [-0.1, -0.05) is 78.9 Å². The molecule has 0 unspecified atom stereocenters. The van der Waals surface area contributed by atoms with Crippen LogP contribution < -0.4 is 0 Å². The molecule has 0 atom stereocenters. The second kappa shape index (κ2) is 7.30. The van der Waals surface area contributed by atoms with Gasteiger partial charge in [-0.3, -0.25) is 4.98 Å². The van der Waals surface area contributed by atoms with Crippen LogP contribution in [0.3, 0.4) is 0 Å². The van der Waals surface area contributed by atoms with Crippen molar-refractivity contribution in [1.29, 1.82) is 0 Å². The topological polar surface area (TPSA) is 22.8 Å². The van der Waals surface area contributed by atoms with E-state index in [-0.39, 0.29) is 0 Å². The van der Waals surface area contributed by atoms with Gasteiger partial charge in [-0.2, -0.15) is 0 Å². The summed E-state index contributed by atoms with van der Waals surface area (Å²) in [6.07, 6.45) is 2.01. The monoisotopic (exact) mass is 459 g/mol. The van der Waals surface area contributed by atoms with Crippen LogP contribution in [-0.4, -0.2) is 14.1 Å². The van der Waals surface area contributed by atoms with Crippen molar-refractivity contribution in [2.24, 2.45) is 0 Å². The summed E-state index contributed by atoms with van der Waals surface area (Å²) in [6.45, 7) is 0. The fraction of sp³-hybridized carbons (Fsp3) is 0. The van der Waals surface area contributed by atoms with Crippen LogP contribution in [0.5, 0.6) is 0 Å². The molecule has 8 aromatic rings. The Hall–Kier alpha value is -4.89. The molecule has 0 amide bonds. The number of aromatic nitrogens is 3. The van der Waals surface area contributed by atoms with Crippen molar-refractivity contribution in [3.05, 3.63) is 128 Å². The minimum Gasteiger partial charge on any atom is -0.309 e. The van der Waals surface area contributed by atoms with E-state index in [1.165, 1.54) is 38.1 Å². The maximum absolute atomic E-state index is 5.11. The van der Waals surface area contributed by atoms with Crippen molar-refractivity contribution in [3.63, 3.8) is 0 Å². The highest BCUT2D eigenvalue weighted by molar-refractivity contribution is 6.29. The van der Waals surface area contributed by atoms with Gasteiger partial charge in [0.15, 0.2) is 0 Å². The maximum atomic E-state index is 5.11. The Kier molecular flexibility index (Phi) is 3.94. The summed E-state index contributed by atoms with van der Waals surface area (Å²) < 4.78 is 4.79. The molecule has 0 saturated heterocycles. The summed E-state index contributed by atoms with van der Waals surface area (Å²) in [5.74, 6) is 0. The molecule has 0 aliphatic heterocycles. The summed E-state index contributed by atoms with van der Waals surface area (Å²) >= 11 is 0. The van der Waals surface area contributed by atoms with Gasteiger partial charge in [-0.25, -0.2) is 0 Å². The number of benzene rings is 5. The predicted octanol–water partition coefficient (Wildman–Crippen LogP) is 8.43. The lowest BCUT2D eigenvalue weighted by atomic mass is 10.1. The zero-order valence-electron chi connectivity index (χ0n) is 19.5. The molecule has 168 valence electrons. The Balaban J connectivity index is 1.75. The maximum Gasteiger partial charge on any atom is 0.0956 e. The Bertz CT molecular complexity index is 2080. The zero-order chi connectivity index (χ0) is 23.6. The van der Waals surface area contributed by atoms with Gasteiger partial charge < -0.3 is 9.13 Å². The Morgan fingerprint density at radius 2 is 1.00 bits per heavy atom. The Labute approximate surface area is 207 Å². The quantitative estimate of drug-likeness (QED) is 0.254. The van der Waals surface area contributed by atoms with E-state index < -0.39 is 0 Å². The molecule has 0 radical (unpaired) electrons. The molecule has 0 spiro atoms. The second-order valence-corrected chi connectivity index (χ2v) is 9.26. The first kappa shape index (κ1) is 19.4. The van der Waals surface area contributed by atoms with E-state index in [1.54, 1.807) is 0 Å². The molecule has 3 heteroatoms. The zero-order valence-corrected chi connectivity index (χ0v) is 19.5. The number of pyridine rings is 1. The SMILES string of the molecule is c1ccc(-n2c3cccc4c5ncc6ccccc6c5n(-c5ccccc5)c5cccc2c5c43)cc1. The molecule has 0 saturated carbocycles. The van der Waals surface area contributed by atoms with E-state index >= 15 is 0 Å². The normalized spacial score (nSPS) is 11.9. The molecular formula is C33H21N3. The molecular weight excluding hydrogens is 438 g/mol. The highest BCUT2D eigenvalue weighted by Gasteiger charge is 2.21. The van der Waals surface area contributed by atoms with Crippen LogP contribution in [0, 0.1) is 0 Å². The highest BCUT2D eigenvalue weighted by atomic mass is 15.0. The number of nitrogens with zero attached hydrogens (tertiary/aromatic N) is 3. The average Bonchev–Trinajstić information content (AvgIpc) is 3.22. The molecule has 3 nitrogen and oxygen atoms in total. The summed E-state index contributed by atoms with van der Waals surface area (Å²) in [6, 6.07) is 43.1. The van der Waals surface area contributed by atoms with Crippen molar-refractivity contribution < 1.29 is 0 Å². The van der Waals surface area contributed by atoms with Crippen LogP contribution in [0.15, 0.2) is 128 Å². The van der Waals surface area contributed by atoms with E-state index in [0.29, 0.717) is 0 Å². The second-order valence-electron chi connectivity index (χ2n) is 9.26. The Morgan fingerprint density at radius 3 is 1.75 bits per heavy atom. The summed E-state index contributed by atoms with van der Waals surface area (Å²) in [5.41, 5.74) is 7.97. The third-order valence-electron chi connectivity index (χ3n) is 7.32. The third kappa shape index (κ3) is 2.54. The lowest BCUT2D eigenvalue weighted by Crippen LogP contribution is -1.99. The molecule has 3 heterocycles. The van der Waals surface area contributed by atoms with E-state index in [1.807, 2.05) is 6.20 Å². The van der Waals surface area contributed by atoms with E-state index in [4.69, 9.17) is 4.98 Å². The minimum absolute atomic E-state index is 1.01. The molecule has 0 N–H and O–H groups in total. The predicted molar refractivity (Wildman–Crippen MR) is 150 cm³/mol. The van der Waals surface area contributed by atoms with Crippen LogP contribution in [0.1, 0.15) is 0 Å². The third-order valence-corrected chi connectivity index (χ3v) is 7.32. The first-order valence-corrected chi connectivity index (χ1v) is 12.2. The van der Waals surface area contributed by atoms with Crippen molar-refractivity contribution in [1.82, 2.24) is 14.1 Å². The van der Waals surface area contributed by atoms with Gasteiger partial charge in [0.2, 0.25) is 0 Å². The number of hydrogen-bond acceptors (Lipinski definition) is 1. The van der Waals surface area contributed by atoms with Gasteiger partial charge >= 0.3 is 0 Å². The Morgan fingerprint density at radius 1 is 0.444 bits per heavy atom. The lowest BCUT2D eigenvalue weighted by molar-refractivity contribution is 1.16. The van der Waals surface area contributed by atoms with Gasteiger partial charge in [0.05, 0.1) is 27.6 Å². The van der Waals surface area contributed by atoms with E-state index in [0.717, 1.165) is 27.8 Å². The van der Waals surface area contributed by atoms with Crippen molar-refractivity contribution in [2.45, 2.75) is 0 Å². The number of hydrogen-bond donors (Lipinski definition) is 0. The summed E-state index contributed by atoms with van der Waals surface area (Å²) in [4.78, 5) is 5.11. The van der Waals surface area contributed by atoms with E-state index in [2.05, 4.69) is 130 Å². The fourth-order valence-corrected chi connectivity index (χ4v) is 5.87. The number of fused-ring (bicyclic) bond motifs is 4. The van der Waals surface area contributed by atoms with Crippen LogP contribution in [-0.2, 0) is 0 Å². The van der Waals surface area contributed by atoms with Crippen LogP contribution in [0.25, 0.3) is 65.9 Å². The number of rotatable bonds is 2. The molecule has 5 aromatic carbocycles. The largest absolute Gasteiger partial charge is 0.309 e. The highest BCUT2D eigenvalue weighted by Crippen LogP contribution is 2.42. The number of para-hydroxylation sites is 2. The first-order valence-electron chi connectivity index (χ1n) is 12.2. The summed E-state index contributed by atoms with van der Waals surface area (Å²) in [5, 5.41) is 5.99. The van der Waals surface area contributed by atoms with Crippen LogP contribution in [0.2, 0.25) is 0 Å². The van der Waals surface area contributed by atoms with Gasteiger partial charge in [-0.05, 0) is 42.5 Å². The van der Waals surface area contributed by atoms with Crippen molar-refractivity contribution >= 4 is 54.5 Å². The first-order chi connectivity index (χ1) is 17.9. The van der Waals surface area contributed by atoms with Crippen LogP contribution in [0.4, 0.5) is 0 Å². The van der Waals surface area contributed by atoms with E-state index in [9.17, 15) is 0 Å². The fourth-order valence-electron chi connectivity index (χ4n) is 5.87. The van der Waals surface area contributed by atoms with Crippen molar-refractivity contribution in [2.75, 3.05) is 0 Å². The van der Waals surface area contributed by atoms with Crippen molar-refractivity contribution in [3.8, 4) is 11.4 Å². The molecule has 36 heavy (non-hydrogen) atoms. The van der Waals surface area contributed by atoms with Gasteiger partial charge in [0.1, 0.15) is 0 Å². The van der Waals surface area contributed by atoms with Crippen LogP contribution >= 0.6 is 0 Å². The molecule has 3 aromatic heterocycles. The standard InChI is InChI=1S/C33H21N3/c1-3-12-23(13-4-1)35-27-18-9-17-26-30(27)31-28(35)19-10-20-29(31)36(24-14-5-2-6-15-24)33-25-16-8-7-11-22(25)21-34-32(26)33/h1-21H. The molecule has 0 aliphatic rings. The summed E-state index contributed by atoms with van der Waals surface area (Å²) in [7, 11) is 0.